The third-order valence-electron chi connectivity index (χ3n) is 5.27. The molecular weight excluding hydrogens is 256 g/mol. The van der Waals surface area contributed by atoms with E-state index in [1.165, 1.54) is 44.2 Å². The third-order valence-corrected chi connectivity index (χ3v) is 11.0. The molecule has 106 valence electrons. The molecule has 0 amide bonds. The van der Waals surface area contributed by atoms with Crippen molar-refractivity contribution in [3.8, 4) is 0 Å². The van der Waals surface area contributed by atoms with Crippen molar-refractivity contribution < 1.29 is 0 Å². The summed E-state index contributed by atoms with van der Waals surface area (Å²) in [6.07, 6.45) is 14.2. The van der Waals surface area contributed by atoms with E-state index in [1.54, 1.807) is 10.8 Å². The molecule has 0 N–H and O–H groups in total. The van der Waals surface area contributed by atoms with Gasteiger partial charge in [0.2, 0.25) is 0 Å². The molecule has 1 atom stereocenters. The standard InChI is InChI=1S/C19H26Si/c1-2-3-10-17-11-9-14-19(17)20(15-7-8-16-20)18-12-5-4-6-13-18/h4-6,9,11-14,19H,2-3,7-8,10,15-16H2,1H3. The molecule has 1 aliphatic carbocycles. The highest BCUT2D eigenvalue weighted by Gasteiger charge is 2.45. The van der Waals surface area contributed by atoms with Gasteiger partial charge in [-0.05, 0) is 18.4 Å². The van der Waals surface area contributed by atoms with E-state index in [-0.39, 0.29) is 0 Å². The lowest BCUT2D eigenvalue weighted by atomic mass is 10.1. The molecular formula is C19H26Si. The Morgan fingerprint density at radius 3 is 2.55 bits per heavy atom. The monoisotopic (exact) mass is 282 g/mol. The molecule has 2 aliphatic rings. The van der Waals surface area contributed by atoms with Crippen LogP contribution in [0, 0.1) is 0 Å². The average molecular weight is 283 g/mol. The summed E-state index contributed by atoms with van der Waals surface area (Å²) in [7, 11) is -1.34. The summed E-state index contributed by atoms with van der Waals surface area (Å²) >= 11 is 0. The van der Waals surface area contributed by atoms with E-state index in [2.05, 4.69) is 55.5 Å². The van der Waals surface area contributed by atoms with Gasteiger partial charge in [-0.2, -0.15) is 0 Å². The minimum absolute atomic E-state index is 0.791. The van der Waals surface area contributed by atoms with E-state index in [9.17, 15) is 0 Å². The fourth-order valence-electron chi connectivity index (χ4n) is 4.23. The zero-order valence-corrected chi connectivity index (χ0v) is 13.6. The second kappa shape index (κ2) is 6.13. The van der Waals surface area contributed by atoms with Crippen LogP contribution < -0.4 is 5.19 Å². The maximum absolute atomic E-state index is 2.54. The van der Waals surface area contributed by atoms with E-state index >= 15 is 0 Å². The molecule has 0 nitrogen and oxygen atoms in total. The summed E-state index contributed by atoms with van der Waals surface area (Å²) in [5.41, 5.74) is 2.53. The first-order valence-corrected chi connectivity index (χ1v) is 10.8. The topological polar surface area (TPSA) is 0 Å². The van der Waals surface area contributed by atoms with Crippen LogP contribution in [0.5, 0.6) is 0 Å². The Morgan fingerprint density at radius 1 is 1.10 bits per heavy atom. The number of allylic oxidation sites excluding steroid dienone is 4. The molecule has 0 aromatic heterocycles. The number of unbranched alkanes of at least 4 members (excludes halogenated alkanes) is 1. The molecule has 1 saturated heterocycles. The van der Waals surface area contributed by atoms with Gasteiger partial charge in [0.1, 0.15) is 0 Å². The fraction of sp³-hybridized carbons (Fsp3) is 0.474. The van der Waals surface area contributed by atoms with Crippen LogP contribution in [-0.4, -0.2) is 8.07 Å². The third kappa shape index (κ3) is 2.44. The second-order valence-electron chi connectivity index (χ2n) is 6.44. The average Bonchev–Trinajstić information content (AvgIpc) is 3.15. The van der Waals surface area contributed by atoms with Crippen molar-refractivity contribution in [2.24, 2.45) is 0 Å². The Hall–Kier alpha value is -1.08. The SMILES string of the molecule is CCCCC1=CC=CC1[Si]1(c2ccccc2)CCCC1. The Bertz CT molecular complexity index is 492. The summed E-state index contributed by atoms with van der Waals surface area (Å²) < 4.78 is 0. The van der Waals surface area contributed by atoms with Gasteiger partial charge < -0.3 is 0 Å². The van der Waals surface area contributed by atoms with Gasteiger partial charge >= 0.3 is 0 Å². The van der Waals surface area contributed by atoms with E-state index in [0.29, 0.717) is 0 Å². The molecule has 1 heterocycles. The fourth-order valence-corrected chi connectivity index (χ4v) is 10.1. The summed E-state index contributed by atoms with van der Waals surface area (Å²) in [6, 6.07) is 14.5. The molecule has 1 heteroatoms. The predicted octanol–water partition coefficient (Wildman–Crippen LogP) is 5.19. The molecule has 20 heavy (non-hydrogen) atoms. The van der Waals surface area contributed by atoms with Crippen LogP contribution in [0.3, 0.4) is 0 Å². The van der Waals surface area contributed by atoms with Gasteiger partial charge in [0, 0.05) is 0 Å². The summed E-state index contributed by atoms with van der Waals surface area (Å²) in [4.78, 5) is 0. The van der Waals surface area contributed by atoms with Crippen LogP contribution in [0.15, 0.2) is 54.1 Å². The molecule has 1 fully saturated rings. The molecule has 0 spiro atoms. The lowest BCUT2D eigenvalue weighted by Crippen LogP contribution is -2.49. The van der Waals surface area contributed by atoms with Crippen molar-refractivity contribution >= 4 is 13.3 Å². The maximum Gasteiger partial charge on any atom is 0.0974 e. The molecule has 1 aromatic rings. The largest absolute Gasteiger partial charge is 0.0974 e. The zero-order chi connectivity index (χ0) is 13.8. The van der Waals surface area contributed by atoms with Gasteiger partial charge in [0.05, 0.1) is 8.07 Å². The Kier molecular flexibility index (Phi) is 4.26. The quantitative estimate of drug-likeness (QED) is 0.652. The van der Waals surface area contributed by atoms with Crippen LogP contribution in [0.4, 0.5) is 0 Å². The summed E-state index contributed by atoms with van der Waals surface area (Å²) in [5.74, 6) is 0. The van der Waals surface area contributed by atoms with E-state index in [1.807, 2.05) is 0 Å². The number of rotatable bonds is 5. The maximum atomic E-state index is 2.54. The van der Waals surface area contributed by atoms with Gasteiger partial charge in [0.25, 0.3) is 0 Å². The van der Waals surface area contributed by atoms with Crippen LogP contribution in [0.25, 0.3) is 0 Å². The zero-order valence-electron chi connectivity index (χ0n) is 12.6. The van der Waals surface area contributed by atoms with Gasteiger partial charge in [-0.15, -0.1) is 0 Å². The highest BCUT2D eigenvalue weighted by Crippen LogP contribution is 2.46. The first-order valence-electron chi connectivity index (χ1n) is 8.29. The second-order valence-corrected chi connectivity index (χ2v) is 10.9. The Morgan fingerprint density at radius 2 is 1.85 bits per heavy atom. The lowest BCUT2D eigenvalue weighted by Gasteiger charge is -2.35. The van der Waals surface area contributed by atoms with Crippen LogP contribution in [-0.2, 0) is 0 Å². The molecule has 1 unspecified atom stereocenters. The van der Waals surface area contributed by atoms with Crippen molar-refractivity contribution in [1.82, 2.24) is 0 Å². The van der Waals surface area contributed by atoms with Crippen molar-refractivity contribution in [2.45, 2.75) is 56.7 Å². The number of hydrogen-bond acceptors (Lipinski definition) is 0. The molecule has 0 radical (unpaired) electrons. The first-order chi connectivity index (χ1) is 9.87. The Labute approximate surface area is 124 Å². The molecule has 1 aliphatic heterocycles. The molecule has 3 rings (SSSR count). The number of hydrogen-bond donors (Lipinski definition) is 0. The van der Waals surface area contributed by atoms with Crippen molar-refractivity contribution in [3.05, 3.63) is 54.1 Å². The van der Waals surface area contributed by atoms with Gasteiger partial charge in [-0.3, -0.25) is 0 Å². The highest BCUT2D eigenvalue weighted by molar-refractivity contribution is 6.94. The molecule has 0 bridgehead atoms. The van der Waals surface area contributed by atoms with Crippen molar-refractivity contribution in [2.75, 3.05) is 0 Å². The Balaban J connectivity index is 1.91. The first kappa shape index (κ1) is 13.9. The smallest absolute Gasteiger partial charge is 0.0797 e. The normalized spacial score (nSPS) is 24.1. The van der Waals surface area contributed by atoms with Crippen LogP contribution in [0.1, 0.15) is 39.0 Å². The summed E-state index contributed by atoms with van der Waals surface area (Å²) in [5, 5.41) is 1.71. The lowest BCUT2D eigenvalue weighted by molar-refractivity contribution is 0.774. The van der Waals surface area contributed by atoms with Gasteiger partial charge in [-0.25, -0.2) is 0 Å². The molecule has 1 aromatic carbocycles. The number of benzene rings is 1. The van der Waals surface area contributed by atoms with Gasteiger partial charge in [-0.1, -0.05) is 97.6 Å². The van der Waals surface area contributed by atoms with E-state index < -0.39 is 8.07 Å². The van der Waals surface area contributed by atoms with Crippen molar-refractivity contribution in [1.29, 1.82) is 0 Å². The van der Waals surface area contributed by atoms with E-state index in [4.69, 9.17) is 0 Å². The minimum Gasteiger partial charge on any atom is -0.0797 e. The molecule has 0 saturated carbocycles. The van der Waals surface area contributed by atoms with E-state index in [0.717, 1.165) is 5.54 Å². The van der Waals surface area contributed by atoms with Crippen LogP contribution >= 0.6 is 0 Å². The van der Waals surface area contributed by atoms with Gasteiger partial charge in [0.15, 0.2) is 0 Å². The highest BCUT2D eigenvalue weighted by atomic mass is 28.3. The van der Waals surface area contributed by atoms with Crippen LogP contribution in [0.2, 0.25) is 17.6 Å². The summed E-state index contributed by atoms with van der Waals surface area (Å²) in [6.45, 7) is 2.30. The predicted molar refractivity (Wildman–Crippen MR) is 91.2 cm³/mol. The van der Waals surface area contributed by atoms with Crippen molar-refractivity contribution in [3.63, 3.8) is 0 Å². The minimum atomic E-state index is -1.34.